The van der Waals surface area contributed by atoms with Crippen molar-refractivity contribution in [3.63, 3.8) is 0 Å². The van der Waals surface area contributed by atoms with Crippen molar-refractivity contribution in [2.75, 3.05) is 0 Å². The van der Waals surface area contributed by atoms with Gasteiger partial charge in [-0.2, -0.15) is 9.94 Å². The van der Waals surface area contributed by atoms with E-state index < -0.39 is 16.6 Å². The van der Waals surface area contributed by atoms with Crippen molar-refractivity contribution in [1.82, 2.24) is 15.1 Å². The van der Waals surface area contributed by atoms with Crippen LogP contribution in [0.25, 0.3) is 0 Å². The lowest BCUT2D eigenvalue weighted by Crippen LogP contribution is -2.27. The first kappa shape index (κ1) is 15.0. The molecule has 0 radical (unpaired) electrons. The van der Waals surface area contributed by atoms with Gasteiger partial charge >= 0.3 is 5.82 Å². The standard InChI is InChI=1S/C12H12ClN5O3/c1-7-11(13)12(18(20)21)16-17(7)6-10(19)15-9-4-2-3-8(9)5-14/h2-4,6H2,1H3,(H,15,19). The molecule has 1 heterocycles. The smallest absolute Gasteiger partial charge is 0.358 e. The molecular weight excluding hydrogens is 298 g/mol. The van der Waals surface area contributed by atoms with Gasteiger partial charge < -0.3 is 15.4 Å². The number of amides is 1. The van der Waals surface area contributed by atoms with Gasteiger partial charge in [0.2, 0.25) is 5.91 Å². The Kier molecular flexibility index (Phi) is 4.23. The van der Waals surface area contributed by atoms with Crippen molar-refractivity contribution in [3.8, 4) is 6.07 Å². The average Bonchev–Trinajstić information content (AvgIpc) is 2.98. The Hall–Kier alpha value is -2.40. The zero-order valence-corrected chi connectivity index (χ0v) is 12.0. The number of hydrogen-bond donors (Lipinski definition) is 1. The Morgan fingerprint density at radius 2 is 2.33 bits per heavy atom. The summed E-state index contributed by atoms with van der Waals surface area (Å²) in [5, 5.41) is 25.9. The largest absolute Gasteiger partial charge is 0.408 e. The normalized spacial score (nSPS) is 14.1. The Morgan fingerprint density at radius 1 is 1.62 bits per heavy atom. The number of allylic oxidation sites excluding steroid dienone is 2. The van der Waals surface area contributed by atoms with E-state index in [0.29, 0.717) is 29.8 Å². The van der Waals surface area contributed by atoms with E-state index in [1.807, 2.05) is 0 Å². The van der Waals surface area contributed by atoms with Crippen molar-refractivity contribution in [3.05, 3.63) is 32.1 Å². The maximum Gasteiger partial charge on any atom is 0.408 e. The van der Waals surface area contributed by atoms with Crippen molar-refractivity contribution >= 4 is 23.3 Å². The Morgan fingerprint density at radius 3 is 2.90 bits per heavy atom. The lowest BCUT2D eigenvalue weighted by Gasteiger charge is -2.05. The Labute approximate surface area is 125 Å². The zero-order chi connectivity index (χ0) is 15.6. The highest BCUT2D eigenvalue weighted by Gasteiger charge is 2.25. The monoisotopic (exact) mass is 309 g/mol. The topological polar surface area (TPSA) is 114 Å². The number of nitrogens with one attached hydrogen (secondary N) is 1. The summed E-state index contributed by atoms with van der Waals surface area (Å²) in [6.07, 6.45) is 2.13. The van der Waals surface area contributed by atoms with Gasteiger partial charge in [-0.1, -0.05) is 11.6 Å². The number of rotatable bonds is 4. The number of nitro groups is 1. The van der Waals surface area contributed by atoms with Crippen molar-refractivity contribution in [2.24, 2.45) is 0 Å². The summed E-state index contributed by atoms with van der Waals surface area (Å²) in [5.41, 5.74) is 1.54. The van der Waals surface area contributed by atoms with E-state index in [4.69, 9.17) is 16.9 Å². The quantitative estimate of drug-likeness (QED) is 0.673. The van der Waals surface area contributed by atoms with Crippen molar-refractivity contribution < 1.29 is 9.72 Å². The molecule has 2 rings (SSSR count). The van der Waals surface area contributed by atoms with Crippen LogP contribution in [0.3, 0.4) is 0 Å². The van der Waals surface area contributed by atoms with E-state index in [-0.39, 0.29) is 11.6 Å². The fourth-order valence-electron chi connectivity index (χ4n) is 2.13. The lowest BCUT2D eigenvalue weighted by molar-refractivity contribution is -0.389. The van der Waals surface area contributed by atoms with E-state index in [9.17, 15) is 14.9 Å². The van der Waals surface area contributed by atoms with Crippen LogP contribution >= 0.6 is 11.6 Å². The molecule has 0 aliphatic heterocycles. The van der Waals surface area contributed by atoms with Gasteiger partial charge in [-0.15, -0.1) is 0 Å². The van der Waals surface area contributed by atoms with Crippen LogP contribution in [-0.4, -0.2) is 20.6 Å². The van der Waals surface area contributed by atoms with Crippen LogP contribution in [0.4, 0.5) is 5.82 Å². The summed E-state index contributed by atoms with van der Waals surface area (Å²) in [6, 6.07) is 2.05. The molecule has 0 fully saturated rings. The maximum absolute atomic E-state index is 11.9. The van der Waals surface area contributed by atoms with Gasteiger partial charge in [-0.25, -0.2) is 0 Å². The number of hydrogen-bond acceptors (Lipinski definition) is 5. The minimum Gasteiger partial charge on any atom is -0.358 e. The van der Waals surface area contributed by atoms with Crippen LogP contribution in [0.5, 0.6) is 0 Å². The van der Waals surface area contributed by atoms with Gasteiger partial charge in [-0.05, 0) is 31.1 Å². The van der Waals surface area contributed by atoms with E-state index in [0.717, 1.165) is 6.42 Å². The Bertz CT molecular complexity index is 686. The molecule has 110 valence electrons. The highest BCUT2D eigenvalue weighted by molar-refractivity contribution is 6.33. The fourth-order valence-corrected chi connectivity index (χ4v) is 2.33. The van der Waals surface area contributed by atoms with E-state index >= 15 is 0 Å². The minimum atomic E-state index is -0.697. The van der Waals surface area contributed by atoms with Gasteiger partial charge in [0.15, 0.2) is 5.02 Å². The van der Waals surface area contributed by atoms with Gasteiger partial charge in [0.25, 0.3) is 0 Å². The molecule has 0 bridgehead atoms. The van der Waals surface area contributed by atoms with E-state index in [2.05, 4.69) is 16.5 Å². The van der Waals surface area contributed by atoms with Crippen LogP contribution in [0.2, 0.25) is 5.02 Å². The molecule has 0 atom stereocenters. The number of halogens is 1. The second kappa shape index (κ2) is 5.93. The number of nitriles is 1. The third-order valence-electron chi connectivity index (χ3n) is 3.23. The summed E-state index contributed by atoms with van der Waals surface area (Å²) in [5.74, 6) is -0.864. The summed E-state index contributed by atoms with van der Waals surface area (Å²) in [4.78, 5) is 22.0. The van der Waals surface area contributed by atoms with Crippen LogP contribution in [0.1, 0.15) is 25.0 Å². The van der Waals surface area contributed by atoms with Gasteiger partial charge in [0.1, 0.15) is 6.54 Å². The number of nitrogens with zero attached hydrogens (tertiary/aromatic N) is 4. The molecule has 8 nitrogen and oxygen atoms in total. The number of aromatic nitrogens is 2. The predicted octanol–water partition coefficient (Wildman–Crippen LogP) is 1.83. The minimum absolute atomic E-state index is 0.0782. The zero-order valence-electron chi connectivity index (χ0n) is 11.2. The fraction of sp³-hybridized carbons (Fsp3) is 0.417. The third kappa shape index (κ3) is 3.03. The SMILES string of the molecule is Cc1c(Cl)c([N+](=O)[O-])nn1CC(=O)NC1=C(C#N)CCC1. The molecule has 1 aromatic rings. The predicted molar refractivity (Wildman–Crippen MR) is 73.3 cm³/mol. The molecule has 0 aromatic carbocycles. The summed E-state index contributed by atoms with van der Waals surface area (Å²) in [6.45, 7) is 1.35. The molecule has 0 saturated carbocycles. The van der Waals surface area contributed by atoms with Gasteiger partial charge in [-0.3, -0.25) is 4.79 Å². The molecule has 21 heavy (non-hydrogen) atoms. The molecule has 1 amide bonds. The summed E-state index contributed by atoms with van der Waals surface area (Å²) in [7, 11) is 0. The summed E-state index contributed by atoms with van der Waals surface area (Å²) >= 11 is 5.80. The van der Waals surface area contributed by atoms with Crippen molar-refractivity contribution in [1.29, 1.82) is 5.26 Å². The van der Waals surface area contributed by atoms with Crippen LogP contribution in [0, 0.1) is 28.4 Å². The first-order chi connectivity index (χ1) is 9.93. The number of carbonyl (C=O) groups is 1. The third-order valence-corrected chi connectivity index (χ3v) is 3.67. The molecule has 1 N–H and O–H groups in total. The first-order valence-corrected chi connectivity index (χ1v) is 6.61. The molecule has 0 spiro atoms. The van der Waals surface area contributed by atoms with Crippen LogP contribution < -0.4 is 5.32 Å². The van der Waals surface area contributed by atoms with E-state index in [1.54, 1.807) is 6.92 Å². The highest BCUT2D eigenvalue weighted by atomic mass is 35.5. The molecule has 1 aromatic heterocycles. The average molecular weight is 310 g/mol. The molecule has 1 aliphatic rings. The molecule has 0 unspecified atom stereocenters. The van der Waals surface area contributed by atoms with Gasteiger partial charge in [0.05, 0.1) is 16.9 Å². The maximum atomic E-state index is 11.9. The van der Waals surface area contributed by atoms with Crippen LogP contribution in [-0.2, 0) is 11.3 Å². The highest BCUT2D eigenvalue weighted by Crippen LogP contribution is 2.26. The summed E-state index contributed by atoms with van der Waals surface area (Å²) < 4.78 is 1.18. The lowest BCUT2D eigenvalue weighted by atomic mass is 10.2. The molecule has 9 heteroatoms. The first-order valence-electron chi connectivity index (χ1n) is 6.23. The Balaban J connectivity index is 2.12. The van der Waals surface area contributed by atoms with Gasteiger partial charge in [0, 0.05) is 11.3 Å². The molecule has 1 aliphatic carbocycles. The molecular formula is C12H12ClN5O3. The van der Waals surface area contributed by atoms with E-state index in [1.165, 1.54) is 4.68 Å². The second-order valence-corrected chi connectivity index (χ2v) is 4.99. The molecule has 0 saturated heterocycles. The van der Waals surface area contributed by atoms with Crippen molar-refractivity contribution in [2.45, 2.75) is 32.7 Å². The second-order valence-electron chi connectivity index (χ2n) is 4.61. The number of carbonyl (C=O) groups excluding carboxylic acids is 1. The van der Waals surface area contributed by atoms with Crippen LogP contribution in [0.15, 0.2) is 11.3 Å².